The number of nitrogens with zero attached hydrogens (tertiary/aromatic N) is 2. The molecule has 1 unspecified atom stereocenters. The Morgan fingerprint density at radius 1 is 1.45 bits per heavy atom. The molecular formula is C16H21N3O. The van der Waals surface area contributed by atoms with Crippen molar-refractivity contribution in [2.24, 2.45) is 12.8 Å². The van der Waals surface area contributed by atoms with Crippen LogP contribution in [-0.2, 0) is 13.5 Å². The van der Waals surface area contributed by atoms with Gasteiger partial charge in [0.2, 0.25) is 0 Å². The Morgan fingerprint density at radius 2 is 2.25 bits per heavy atom. The molecule has 1 saturated carbocycles. The highest BCUT2D eigenvalue weighted by atomic mass is 16.5. The molecule has 2 aromatic rings. The minimum Gasteiger partial charge on any atom is -0.490 e. The Bertz CT molecular complexity index is 602. The first-order valence-corrected chi connectivity index (χ1v) is 7.22. The van der Waals surface area contributed by atoms with Crippen LogP contribution in [0.1, 0.15) is 42.6 Å². The van der Waals surface area contributed by atoms with Gasteiger partial charge in [-0.3, -0.25) is 4.68 Å². The highest BCUT2D eigenvalue weighted by molar-refractivity contribution is 5.37. The summed E-state index contributed by atoms with van der Waals surface area (Å²) in [7, 11) is 1.93. The molecule has 0 radical (unpaired) electrons. The summed E-state index contributed by atoms with van der Waals surface area (Å²) in [5.74, 6) is 0.919. The summed E-state index contributed by atoms with van der Waals surface area (Å²) in [5.41, 5.74) is 9.65. The maximum absolute atomic E-state index is 6.41. The van der Waals surface area contributed by atoms with E-state index in [1.165, 1.54) is 12.8 Å². The van der Waals surface area contributed by atoms with Crippen molar-refractivity contribution in [3.05, 3.63) is 47.3 Å². The van der Waals surface area contributed by atoms with Crippen molar-refractivity contribution in [2.75, 3.05) is 0 Å². The zero-order valence-corrected chi connectivity index (χ0v) is 12.0. The van der Waals surface area contributed by atoms with Crippen molar-refractivity contribution in [1.29, 1.82) is 0 Å². The molecule has 2 N–H and O–H groups in total. The molecule has 1 fully saturated rings. The Kier molecular flexibility index (Phi) is 3.49. The van der Waals surface area contributed by atoms with Crippen LogP contribution < -0.4 is 10.5 Å². The zero-order valence-electron chi connectivity index (χ0n) is 12.0. The fourth-order valence-electron chi connectivity index (χ4n) is 2.43. The summed E-state index contributed by atoms with van der Waals surface area (Å²) in [4.78, 5) is 0. The Balaban J connectivity index is 1.86. The summed E-state index contributed by atoms with van der Waals surface area (Å²) in [6.07, 6.45) is 5.64. The van der Waals surface area contributed by atoms with Gasteiger partial charge in [-0.05, 0) is 37.0 Å². The summed E-state index contributed by atoms with van der Waals surface area (Å²) >= 11 is 0. The number of aryl methyl sites for hydroxylation is 2. The van der Waals surface area contributed by atoms with Crippen LogP contribution in [0.2, 0.25) is 0 Å². The smallest absolute Gasteiger partial charge is 0.120 e. The van der Waals surface area contributed by atoms with Crippen LogP contribution in [0.25, 0.3) is 0 Å². The van der Waals surface area contributed by atoms with Crippen LogP contribution in [0.3, 0.4) is 0 Å². The Hall–Kier alpha value is -1.81. The van der Waals surface area contributed by atoms with E-state index >= 15 is 0 Å². The van der Waals surface area contributed by atoms with Gasteiger partial charge >= 0.3 is 0 Å². The highest BCUT2D eigenvalue weighted by Crippen LogP contribution is 2.30. The highest BCUT2D eigenvalue weighted by Gasteiger charge is 2.24. The van der Waals surface area contributed by atoms with Crippen molar-refractivity contribution < 1.29 is 4.74 Å². The average Bonchev–Trinajstić information content (AvgIpc) is 3.18. The number of hydrogen-bond acceptors (Lipinski definition) is 3. The normalized spacial score (nSPS) is 16.1. The fraction of sp³-hybridized carbons (Fsp3) is 0.438. The van der Waals surface area contributed by atoms with Gasteiger partial charge in [0.15, 0.2) is 0 Å². The Morgan fingerprint density at radius 3 is 2.95 bits per heavy atom. The third-order valence-electron chi connectivity index (χ3n) is 3.65. The van der Waals surface area contributed by atoms with Gasteiger partial charge in [-0.25, -0.2) is 0 Å². The van der Waals surface area contributed by atoms with E-state index in [0.717, 1.165) is 29.0 Å². The molecule has 1 aromatic carbocycles. The summed E-state index contributed by atoms with van der Waals surface area (Å²) in [6, 6.07) is 7.96. The van der Waals surface area contributed by atoms with Gasteiger partial charge in [-0.2, -0.15) is 5.10 Å². The minimum atomic E-state index is -0.151. The van der Waals surface area contributed by atoms with Crippen LogP contribution in [0.5, 0.6) is 5.75 Å². The monoisotopic (exact) mass is 271 g/mol. The lowest BCUT2D eigenvalue weighted by atomic mass is 9.99. The topological polar surface area (TPSA) is 53.1 Å². The van der Waals surface area contributed by atoms with Gasteiger partial charge in [-0.1, -0.05) is 19.1 Å². The summed E-state index contributed by atoms with van der Waals surface area (Å²) in [6.45, 7) is 2.10. The van der Waals surface area contributed by atoms with E-state index in [1.807, 2.05) is 30.1 Å². The molecule has 4 nitrogen and oxygen atoms in total. The molecule has 1 aromatic heterocycles. The molecule has 4 heteroatoms. The second-order valence-corrected chi connectivity index (χ2v) is 5.43. The molecule has 3 rings (SSSR count). The lowest BCUT2D eigenvalue weighted by Gasteiger charge is -2.13. The van der Waals surface area contributed by atoms with Gasteiger partial charge in [0.25, 0.3) is 0 Å². The third kappa shape index (κ3) is 2.70. The number of nitrogens with two attached hydrogens (primary N) is 1. The van der Waals surface area contributed by atoms with Crippen LogP contribution in [0.4, 0.5) is 0 Å². The van der Waals surface area contributed by atoms with Gasteiger partial charge in [0.05, 0.1) is 17.8 Å². The quantitative estimate of drug-likeness (QED) is 0.909. The molecule has 1 heterocycles. The van der Waals surface area contributed by atoms with Gasteiger partial charge in [-0.15, -0.1) is 0 Å². The van der Waals surface area contributed by atoms with E-state index in [2.05, 4.69) is 24.2 Å². The van der Waals surface area contributed by atoms with Crippen LogP contribution in [0.15, 0.2) is 30.5 Å². The number of benzene rings is 1. The van der Waals surface area contributed by atoms with Crippen LogP contribution in [-0.4, -0.2) is 15.9 Å². The standard InChI is InChI=1S/C16H21N3O/c1-3-15-14(10-19(2)18-15)16(17)11-5-4-6-13(9-11)20-12-7-8-12/h4-6,9-10,12,16H,3,7-8,17H2,1-2H3. The largest absolute Gasteiger partial charge is 0.490 e. The van der Waals surface area contributed by atoms with Gasteiger partial charge < -0.3 is 10.5 Å². The van der Waals surface area contributed by atoms with E-state index in [1.54, 1.807) is 0 Å². The maximum Gasteiger partial charge on any atom is 0.120 e. The van der Waals surface area contributed by atoms with Crippen molar-refractivity contribution in [3.63, 3.8) is 0 Å². The molecule has 1 atom stereocenters. The molecule has 0 aliphatic heterocycles. The molecule has 1 aliphatic rings. The molecule has 0 saturated heterocycles. The second-order valence-electron chi connectivity index (χ2n) is 5.43. The minimum absolute atomic E-state index is 0.151. The molecule has 0 spiro atoms. The van der Waals surface area contributed by atoms with Crippen molar-refractivity contribution in [2.45, 2.75) is 38.3 Å². The molecule has 0 amide bonds. The molecule has 106 valence electrons. The fourth-order valence-corrected chi connectivity index (χ4v) is 2.43. The third-order valence-corrected chi connectivity index (χ3v) is 3.65. The van der Waals surface area contributed by atoms with Crippen molar-refractivity contribution >= 4 is 0 Å². The first kappa shape index (κ1) is 13.2. The van der Waals surface area contributed by atoms with Crippen molar-refractivity contribution in [3.8, 4) is 5.75 Å². The second kappa shape index (κ2) is 5.29. The number of hydrogen-bond donors (Lipinski definition) is 1. The number of rotatable bonds is 5. The van der Waals surface area contributed by atoms with E-state index in [9.17, 15) is 0 Å². The maximum atomic E-state index is 6.41. The predicted octanol–water partition coefficient (Wildman–Crippen LogP) is 2.57. The molecular weight excluding hydrogens is 250 g/mol. The van der Waals surface area contributed by atoms with E-state index in [4.69, 9.17) is 10.5 Å². The van der Waals surface area contributed by atoms with E-state index in [0.29, 0.717) is 6.10 Å². The zero-order chi connectivity index (χ0) is 14.1. The Labute approximate surface area is 119 Å². The average molecular weight is 271 g/mol. The molecule has 1 aliphatic carbocycles. The number of aromatic nitrogens is 2. The summed E-state index contributed by atoms with van der Waals surface area (Å²) < 4.78 is 7.67. The van der Waals surface area contributed by atoms with Crippen molar-refractivity contribution in [1.82, 2.24) is 9.78 Å². The van der Waals surface area contributed by atoms with E-state index in [-0.39, 0.29) is 6.04 Å². The predicted molar refractivity (Wildman–Crippen MR) is 78.7 cm³/mol. The lowest BCUT2D eigenvalue weighted by Crippen LogP contribution is -2.13. The molecule has 0 bridgehead atoms. The van der Waals surface area contributed by atoms with Gasteiger partial charge in [0, 0.05) is 18.8 Å². The first-order valence-electron chi connectivity index (χ1n) is 7.22. The first-order chi connectivity index (χ1) is 9.67. The SMILES string of the molecule is CCc1nn(C)cc1C(N)c1cccc(OC2CC2)c1. The lowest BCUT2D eigenvalue weighted by molar-refractivity contribution is 0.303. The van der Waals surface area contributed by atoms with Crippen LogP contribution >= 0.6 is 0 Å². The van der Waals surface area contributed by atoms with Crippen LogP contribution in [0, 0.1) is 0 Å². The van der Waals surface area contributed by atoms with E-state index < -0.39 is 0 Å². The molecule has 20 heavy (non-hydrogen) atoms. The summed E-state index contributed by atoms with van der Waals surface area (Å²) in [5, 5.41) is 4.46. The number of ether oxygens (including phenoxy) is 1. The van der Waals surface area contributed by atoms with Gasteiger partial charge in [0.1, 0.15) is 5.75 Å².